The average molecular weight is 421 g/mol. The monoisotopic (exact) mass is 421 g/mol. The van der Waals surface area contributed by atoms with Crippen molar-refractivity contribution in [1.29, 1.82) is 0 Å². The van der Waals surface area contributed by atoms with Crippen molar-refractivity contribution in [2.75, 3.05) is 13.1 Å². The fourth-order valence-electron chi connectivity index (χ4n) is 4.26. The molecule has 31 heavy (non-hydrogen) atoms. The highest BCUT2D eigenvalue weighted by atomic mass is 19.1. The summed E-state index contributed by atoms with van der Waals surface area (Å²) >= 11 is 0. The molecule has 2 amide bonds. The number of primary amides is 1. The number of likely N-dealkylation sites (tertiary alicyclic amines) is 1. The molecule has 0 saturated carbocycles. The van der Waals surface area contributed by atoms with E-state index in [0.29, 0.717) is 35.5 Å². The number of benzene rings is 1. The standard InChI is InChI=1S/C24H24FN3O3/c25-18-3-1-2-15(4-6-18)12-16-8-10-28(11-9-16)24(31)17-5-7-21-19(13-17)20(14-27-21)22(29)23(26)30/h1,3-7,13-14,16,27H,2,8-12H2,(H2,26,30). The molecular weight excluding hydrogens is 397 g/mol. The van der Waals surface area contributed by atoms with Crippen molar-refractivity contribution >= 4 is 28.5 Å². The van der Waals surface area contributed by atoms with Gasteiger partial charge in [-0.05, 0) is 62.0 Å². The van der Waals surface area contributed by atoms with Crippen LogP contribution in [-0.4, -0.2) is 40.6 Å². The second-order valence-electron chi connectivity index (χ2n) is 8.08. The number of fused-ring (bicyclic) bond motifs is 1. The second-order valence-corrected chi connectivity index (χ2v) is 8.08. The molecule has 0 unspecified atom stereocenters. The largest absolute Gasteiger partial charge is 0.363 e. The Balaban J connectivity index is 1.42. The number of hydrogen-bond acceptors (Lipinski definition) is 3. The zero-order valence-electron chi connectivity index (χ0n) is 17.1. The van der Waals surface area contributed by atoms with E-state index >= 15 is 0 Å². The van der Waals surface area contributed by atoms with Gasteiger partial charge in [-0.3, -0.25) is 14.4 Å². The molecule has 4 rings (SSSR count). The predicted octanol–water partition coefficient (Wildman–Crippen LogP) is 3.82. The summed E-state index contributed by atoms with van der Waals surface area (Å²) in [6.07, 6.45) is 11.6. The number of Topliss-reactive ketones (excluding diaryl/α,β-unsaturated/α-hetero) is 1. The molecule has 1 saturated heterocycles. The minimum atomic E-state index is -1.03. The SMILES string of the molecule is NC(=O)C(=O)c1c[nH]c2ccc(C(=O)N3CCC(CC4=CC=C(F)C=CC4)CC3)cc12. The number of nitrogens with zero attached hydrogens (tertiary/aromatic N) is 1. The lowest BCUT2D eigenvalue weighted by atomic mass is 9.88. The van der Waals surface area contributed by atoms with Crippen LogP contribution in [0.1, 0.15) is 46.4 Å². The Morgan fingerprint density at radius 3 is 2.68 bits per heavy atom. The van der Waals surface area contributed by atoms with Crippen molar-refractivity contribution in [3.8, 4) is 0 Å². The van der Waals surface area contributed by atoms with Crippen LogP contribution in [0.5, 0.6) is 0 Å². The lowest BCUT2D eigenvalue weighted by Crippen LogP contribution is -2.38. The van der Waals surface area contributed by atoms with Crippen molar-refractivity contribution in [3.05, 3.63) is 71.2 Å². The third kappa shape index (κ3) is 4.50. The van der Waals surface area contributed by atoms with E-state index in [-0.39, 0.29) is 17.3 Å². The first-order valence-electron chi connectivity index (χ1n) is 10.4. The number of allylic oxidation sites excluding steroid dienone is 6. The molecule has 1 aromatic heterocycles. The Morgan fingerprint density at radius 2 is 1.94 bits per heavy atom. The lowest BCUT2D eigenvalue weighted by molar-refractivity contribution is -0.114. The number of rotatable bonds is 5. The first-order valence-corrected chi connectivity index (χ1v) is 10.4. The molecule has 160 valence electrons. The van der Waals surface area contributed by atoms with Gasteiger partial charge >= 0.3 is 0 Å². The van der Waals surface area contributed by atoms with E-state index in [2.05, 4.69) is 4.98 Å². The maximum absolute atomic E-state index is 13.3. The van der Waals surface area contributed by atoms with Crippen LogP contribution in [0.15, 0.2) is 60.1 Å². The summed E-state index contributed by atoms with van der Waals surface area (Å²) in [5, 5.41) is 0.512. The van der Waals surface area contributed by atoms with Gasteiger partial charge in [-0.1, -0.05) is 17.7 Å². The number of H-pyrrole nitrogens is 1. The molecule has 0 spiro atoms. The molecule has 6 nitrogen and oxygen atoms in total. The smallest absolute Gasteiger partial charge is 0.289 e. The van der Waals surface area contributed by atoms with Gasteiger partial charge in [0.1, 0.15) is 5.83 Å². The van der Waals surface area contributed by atoms with Crippen LogP contribution in [0.25, 0.3) is 10.9 Å². The summed E-state index contributed by atoms with van der Waals surface area (Å²) in [7, 11) is 0. The number of halogens is 1. The van der Waals surface area contributed by atoms with Crippen molar-refractivity contribution in [2.24, 2.45) is 11.7 Å². The molecule has 2 aliphatic rings. The Kier molecular flexibility index (Phi) is 5.84. The van der Waals surface area contributed by atoms with E-state index in [0.717, 1.165) is 25.7 Å². The van der Waals surface area contributed by atoms with Crippen LogP contribution in [0.2, 0.25) is 0 Å². The van der Waals surface area contributed by atoms with Crippen LogP contribution in [0, 0.1) is 5.92 Å². The van der Waals surface area contributed by atoms with E-state index in [9.17, 15) is 18.8 Å². The summed E-state index contributed by atoms with van der Waals surface area (Å²) < 4.78 is 13.3. The van der Waals surface area contributed by atoms with Gasteiger partial charge < -0.3 is 15.6 Å². The van der Waals surface area contributed by atoms with Gasteiger partial charge in [-0.15, -0.1) is 0 Å². The molecule has 0 atom stereocenters. The Hall–Kier alpha value is -3.48. The summed E-state index contributed by atoms with van der Waals surface area (Å²) in [6, 6.07) is 5.08. The number of aromatic nitrogens is 1. The minimum absolute atomic E-state index is 0.0966. The topological polar surface area (TPSA) is 96.3 Å². The van der Waals surface area contributed by atoms with Crippen LogP contribution in [-0.2, 0) is 4.79 Å². The van der Waals surface area contributed by atoms with Crippen molar-refractivity contribution < 1.29 is 18.8 Å². The zero-order valence-corrected chi connectivity index (χ0v) is 17.1. The minimum Gasteiger partial charge on any atom is -0.363 e. The van der Waals surface area contributed by atoms with Crippen molar-refractivity contribution in [2.45, 2.75) is 25.7 Å². The molecule has 2 heterocycles. The highest BCUT2D eigenvalue weighted by molar-refractivity contribution is 6.44. The molecule has 3 N–H and O–H groups in total. The Labute approximate surface area is 179 Å². The molecule has 1 fully saturated rings. The first kappa shape index (κ1) is 20.8. The number of nitrogens with two attached hydrogens (primary N) is 1. The fourth-order valence-corrected chi connectivity index (χ4v) is 4.26. The van der Waals surface area contributed by atoms with Gasteiger partial charge in [0.15, 0.2) is 0 Å². The van der Waals surface area contributed by atoms with E-state index in [4.69, 9.17) is 5.73 Å². The van der Waals surface area contributed by atoms with E-state index in [1.54, 1.807) is 18.2 Å². The number of aromatic amines is 1. The zero-order chi connectivity index (χ0) is 22.0. The van der Waals surface area contributed by atoms with Crippen molar-refractivity contribution in [3.63, 3.8) is 0 Å². The van der Waals surface area contributed by atoms with Gasteiger partial charge in [0, 0.05) is 35.8 Å². The third-order valence-corrected chi connectivity index (χ3v) is 5.99. The van der Waals surface area contributed by atoms with Gasteiger partial charge in [0.05, 0.1) is 5.56 Å². The Bertz CT molecular complexity index is 1130. The first-order chi connectivity index (χ1) is 14.9. The maximum Gasteiger partial charge on any atom is 0.289 e. The average Bonchev–Trinajstić information content (AvgIpc) is 3.09. The highest BCUT2D eigenvalue weighted by Crippen LogP contribution is 2.28. The maximum atomic E-state index is 13.3. The van der Waals surface area contributed by atoms with Gasteiger partial charge in [-0.25, -0.2) is 4.39 Å². The fraction of sp³-hybridized carbons (Fsp3) is 0.292. The normalized spacial score (nSPS) is 17.3. The molecule has 1 aliphatic carbocycles. The number of carbonyl (C=O) groups is 3. The second kappa shape index (κ2) is 8.71. The predicted molar refractivity (Wildman–Crippen MR) is 116 cm³/mol. The quantitative estimate of drug-likeness (QED) is 0.567. The molecule has 2 aromatic rings. The molecule has 0 bridgehead atoms. The number of amides is 2. The number of carbonyl (C=O) groups excluding carboxylic acids is 3. The van der Waals surface area contributed by atoms with Crippen LogP contribution < -0.4 is 5.73 Å². The van der Waals surface area contributed by atoms with Crippen LogP contribution in [0.4, 0.5) is 4.39 Å². The lowest BCUT2D eigenvalue weighted by Gasteiger charge is -2.32. The van der Waals surface area contributed by atoms with E-state index in [1.807, 2.05) is 17.1 Å². The Morgan fingerprint density at radius 1 is 1.16 bits per heavy atom. The molecule has 0 radical (unpaired) electrons. The summed E-state index contributed by atoms with van der Waals surface area (Å²) in [5.41, 5.74) is 7.64. The number of piperidine rings is 1. The molecule has 7 heteroatoms. The van der Waals surface area contributed by atoms with Gasteiger partial charge in [0.2, 0.25) is 0 Å². The van der Waals surface area contributed by atoms with Crippen LogP contribution >= 0.6 is 0 Å². The summed E-state index contributed by atoms with van der Waals surface area (Å²) in [4.78, 5) is 41.1. The van der Waals surface area contributed by atoms with E-state index < -0.39 is 11.7 Å². The number of ketones is 1. The number of nitrogens with one attached hydrogen (secondary N) is 1. The summed E-state index contributed by atoms with van der Waals surface area (Å²) in [6.45, 7) is 1.30. The molecular formula is C24H24FN3O3. The van der Waals surface area contributed by atoms with Gasteiger partial charge in [0.25, 0.3) is 17.6 Å². The highest BCUT2D eigenvalue weighted by Gasteiger charge is 2.25. The van der Waals surface area contributed by atoms with Crippen LogP contribution in [0.3, 0.4) is 0 Å². The van der Waals surface area contributed by atoms with Gasteiger partial charge in [-0.2, -0.15) is 0 Å². The van der Waals surface area contributed by atoms with Crippen molar-refractivity contribution in [1.82, 2.24) is 9.88 Å². The number of hydrogen-bond donors (Lipinski definition) is 2. The molecule has 1 aliphatic heterocycles. The summed E-state index contributed by atoms with van der Waals surface area (Å²) in [5.74, 6) is -1.67. The third-order valence-electron chi connectivity index (χ3n) is 5.99. The van der Waals surface area contributed by atoms with E-state index in [1.165, 1.54) is 23.9 Å². The molecule has 1 aromatic carbocycles.